The number of carboxylic acids is 1. The molecule has 172 valence electrons. The van der Waals surface area contributed by atoms with Gasteiger partial charge in [-0.3, -0.25) is 24.0 Å². The van der Waals surface area contributed by atoms with E-state index >= 15 is 0 Å². The third kappa shape index (κ3) is 8.76. The highest BCUT2D eigenvalue weighted by Crippen LogP contribution is 2.11. The molecule has 0 aromatic carbocycles. The summed E-state index contributed by atoms with van der Waals surface area (Å²) in [4.78, 5) is 59.9. The van der Waals surface area contributed by atoms with Gasteiger partial charge in [0.25, 0.3) is 0 Å². The number of rotatable bonds is 13. The highest BCUT2D eigenvalue weighted by Gasteiger charge is 2.33. The maximum Gasteiger partial charge on any atom is 0.325 e. The van der Waals surface area contributed by atoms with Crippen LogP contribution in [0.15, 0.2) is 0 Å². The number of nitrogens with two attached hydrogens (primary N) is 2. The minimum Gasteiger partial charge on any atom is -0.480 e. The summed E-state index contributed by atoms with van der Waals surface area (Å²) in [5, 5.41) is 16.1. The van der Waals surface area contributed by atoms with E-state index in [1.54, 1.807) is 6.92 Å². The average molecular weight is 430 g/mol. The van der Waals surface area contributed by atoms with Gasteiger partial charge in [-0.2, -0.15) is 0 Å². The van der Waals surface area contributed by atoms with Gasteiger partial charge in [-0.25, -0.2) is 0 Å². The minimum atomic E-state index is -1.39. The lowest BCUT2D eigenvalue weighted by atomic mass is 9.95. The van der Waals surface area contributed by atoms with Gasteiger partial charge in [0.15, 0.2) is 0 Å². The van der Waals surface area contributed by atoms with Crippen molar-refractivity contribution in [3.05, 3.63) is 0 Å². The zero-order valence-corrected chi connectivity index (χ0v) is 18.2. The van der Waals surface area contributed by atoms with Crippen LogP contribution in [0.4, 0.5) is 0 Å². The molecule has 0 aromatic heterocycles. The van der Waals surface area contributed by atoms with Crippen LogP contribution >= 0.6 is 0 Å². The van der Waals surface area contributed by atoms with Crippen LogP contribution in [0.3, 0.4) is 0 Å². The fourth-order valence-corrected chi connectivity index (χ4v) is 2.51. The predicted molar refractivity (Wildman–Crippen MR) is 110 cm³/mol. The molecular formula is C19H35N5O6. The van der Waals surface area contributed by atoms with Crippen LogP contribution in [-0.4, -0.2) is 58.9 Å². The summed E-state index contributed by atoms with van der Waals surface area (Å²) in [5.41, 5.74) is 11.1. The van der Waals surface area contributed by atoms with Crippen molar-refractivity contribution in [3.63, 3.8) is 0 Å². The number of primary amides is 1. The highest BCUT2D eigenvalue weighted by atomic mass is 16.4. The monoisotopic (exact) mass is 429 g/mol. The van der Waals surface area contributed by atoms with E-state index < -0.39 is 60.2 Å². The van der Waals surface area contributed by atoms with E-state index in [0.29, 0.717) is 12.8 Å². The van der Waals surface area contributed by atoms with Crippen LogP contribution in [0, 0.1) is 11.8 Å². The second kappa shape index (κ2) is 12.8. The topological polar surface area (TPSA) is 194 Å². The minimum absolute atomic E-state index is 0.100. The van der Waals surface area contributed by atoms with Gasteiger partial charge in [-0.1, -0.05) is 40.5 Å². The molecule has 0 aliphatic heterocycles. The number of carbonyl (C=O) groups is 5. The smallest absolute Gasteiger partial charge is 0.325 e. The van der Waals surface area contributed by atoms with E-state index in [2.05, 4.69) is 16.0 Å². The fourth-order valence-electron chi connectivity index (χ4n) is 2.51. The summed E-state index contributed by atoms with van der Waals surface area (Å²) < 4.78 is 0. The van der Waals surface area contributed by atoms with Gasteiger partial charge < -0.3 is 32.5 Å². The predicted octanol–water partition coefficient (Wildman–Crippen LogP) is -1.16. The lowest BCUT2D eigenvalue weighted by Gasteiger charge is -2.28. The number of nitrogens with one attached hydrogen (secondary N) is 3. The van der Waals surface area contributed by atoms with Gasteiger partial charge in [-0.05, 0) is 18.8 Å². The molecule has 11 nitrogen and oxygen atoms in total. The number of amides is 4. The Kier molecular flexibility index (Phi) is 11.6. The molecule has 0 saturated heterocycles. The molecular weight excluding hydrogens is 394 g/mol. The van der Waals surface area contributed by atoms with Crippen LogP contribution in [0.5, 0.6) is 0 Å². The second-order valence-corrected chi connectivity index (χ2v) is 7.58. The Morgan fingerprint density at radius 1 is 0.833 bits per heavy atom. The van der Waals surface area contributed by atoms with E-state index in [4.69, 9.17) is 16.6 Å². The molecule has 0 aromatic rings. The Balaban J connectivity index is 5.47. The average Bonchev–Trinajstić information content (AvgIpc) is 2.68. The Labute approximate surface area is 176 Å². The molecule has 0 aliphatic carbocycles. The van der Waals surface area contributed by atoms with Gasteiger partial charge in [0.1, 0.15) is 18.1 Å². The standard InChI is InChI=1S/C19H35N5O6/c1-6-9(3)14(21)17(27)24-15(10(4)7-2)18(28)23-12(8-13(20)25)16(26)22-11(5)19(29)30/h9-12,14-15H,6-8,21H2,1-5H3,(H2,20,25)(H,22,26)(H,23,28)(H,24,27)(H,29,30). The second-order valence-electron chi connectivity index (χ2n) is 7.58. The van der Waals surface area contributed by atoms with Crippen LogP contribution in [0.2, 0.25) is 0 Å². The summed E-state index contributed by atoms with van der Waals surface area (Å²) in [6, 6.07) is -4.43. The molecule has 0 saturated carbocycles. The summed E-state index contributed by atoms with van der Waals surface area (Å²) in [6.45, 7) is 8.52. The normalized spacial score (nSPS) is 16.9. The molecule has 11 heteroatoms. The molecule has 4 amide bonds. The van der Waals surface area contributed by atoms with Gasteiger partial charge >= 0.3 is 5.97 Å². The van der Waals surface area contributed by atoms with Crippen molar-refractivity contribution in [1.82, 2.24) is 16.0 Å². The summed E-state index contributed by atoms with van der Waals surface area (Å²) in [7, 11) is 0. The van der Waals surface area contributed by atoms with Crippen molar-refractivity contribution in [2.45, 2.75) is 78.0 Å². The van der Waals surface area contributed by atoms with Crippen LogP contribution in [-0.2, 0) is 24.0 Å². The largest absolute Gasteiger partial charge is 0.480 e. The van der Waals surface area contributed by atoms with Crippen LogP contribution in [0.1, 0.15) is 53.9 Å². The lowest BCUT2D eigenvalue weighted by molar-refractivity contribution is -0.142. The first kappa shape index (κ1) is 27.3. The zero-order valence-electron chi connectivity index (χ0n) is 18.2. The third-order valence-electron chi connectivity index (χ3n) is 5.12. The number of hydrogen-bond acceptors (Lipinski definition) is 6. The Morgan fingerprint density at radius 2 is 1.37 bits per heavy atom. The molecule has 8 N–H and O–H groups in total. The molecule has 0 fully saturated rings. The molecule has 0 aliphatic rings. The van der Waals surface area contributed by atoms with E-state index in [9.17, 15) is 24.0 Å². The summed E-state index contributed by atoms with van der Waals surface area (Å²) in [6.07, 6.45) is 0.689. The van der Waals surface area contributed by atoms with E-state index in [-0.39, 0.29) is 11.8 Å². The maximum absolute atomic E-state index is 12.8. The SMILES string of the molecule is CCC(C)C(N)C(=O)NC(C(=O)NC(CC(N)=O)C(=O)NC(C)C(=O)O)C(C)CC. The molecule has 0 radical (unpaired) electrons. The van der Waals surface area contributed by atoms with Crippen molar-refractivity contribution in [2.24, 2.45) is 23.3 Å². The van der Waals surface area contributed by atoms with Crippen molar-refractivity contribution in [3.8, 4) is 0 Å². The third-order valence-corrected chi connectivity index (χ3v) is 5.12. The molecule has 6 unspecified atom stereocenters. The fraction of sp³-hybridized carbons (Fsp3) is 0.737. The van der Waals surface area contributed by atoms with Gasteiger partial charge in [0, 0.05) is 0 Å². The van der Waals surface area contributed by atoms with Gasteiger partial charge in [0.2, 0.25) is 23.6 Å². The number of hydrogen-bond donors (Lipinski definition) is 6. The molecule has 0 bridgehead atoms. The number of aliphatic carboxylic acids is 1. The Hall–Kier alpha value is -2.69. The molecule has 0 heterocycles. The Bertz CT molecular complexity index is 641. The van der Waals surface area contributed by atoms with Crippen molar-refractivity contribution in [1.29, 1.82) is 0 Å². The molecule has 6 atom stereocenters. The molecule has 0 rings (SSSR count). The number of carbonyl (C=O) groups excluding carboxylic acids is 4. The quantitative estimate of drug-likeness (QED) is 0.212. The Morgan fingerprint density at radius 3 is 1.80 bits per heavy atom. The zero-order chi connectivity index (χ0) is 23.6. The summed E-state index contributed by atoms with van der Waals surface area (Å²) >= 11 is 0. The first-order chi connectivity index (χ1) is 13.8. The molecule has 0 spiro atoms. The van der Waals surface area contributed by atoms with Crippen molar-refractivity contribution < 1.29 is 29.1 Å². The highest BCUT2D eigenvalue weighted by molar-refractivity contribution is 5.96. The maximum atomic E-state index is 12.8. The lowest BCUT2D eigenvalue weighted by Crippen LogP contribution is -2.59. The van der Waals surface area contributed by atoms with Crippen molar-refractivity contribution in [2.75, 3.05) is 0 Å². The van der Waals surface area contributed by atoms with Gasteiger partial charge in [-0.15, -0.1) is 0 Å². The first-order valence-corrected chi connectivity index (χ1v) is 10.0. The van der Waals surface area contributed by atoms with Crippen LogP contribution in [0.25, 0.3) is 0 Å². The number of carboxylic acid groups (broad SMARTS) is 1. The summed E-state index contributed by atoms with van der Waals surface area (Å²) in [5.74, 6) is -4.61. The van der Waals surface area contributed by atoms with E-state index in [1.807, 2.05) is 20.8 Å². The van der Waals surface area contributed by atoms with Crippen molar-refractivity contribution >= 4 is 29.6 Å². The first-order valence-electron chi connectivity index (χ1n) is 10.0. The molecule has 30 heavy (non-hydrogen) atoms. The van der Waals surface area contributed by atoms with Crippen LogP contribution < -0.4 is 27.4 Å². The van der Waals surface area contributed by atoms with Gasteiger partial charge in [0.05, 0.1) is 12.5 Å². The van der Waals surface area contributed by atoms with E-state index in [0.717, 1.165) is 0 Å². The van der Waals surface area contributed by atoms with E-state index in [1.165, 1.54) is 6.92 Å².